The summed E-state index contributed by atoms with van der Waals surface area (Å²) in [4.78, 5) is 36.1. The Labute approximate surface area is 158 Å². The third kappa shape index (κ3) is 4.25. The molecule has 2 atom stereocenters. The first kappa shape index (κ1) is 19.3. The van der Waals surface area contributed by atoms with Crippen LogP contribution < -0.4 is 15.4 Å². The smallest absolute Gasteiger partial charge is 0.310 e. The van der Waals surface area contributed by atoms with Crippen LogP contribution in [0.2, 0.25) is 0 Å². The molecule has 0 bridgehead atoms. The number of carbonyl (C=O) groups is 3. The van der Waals surface area contributed by atoms with Gasteiger partial charge in [-0.1, -0.05) is 18.2 Å². The molecule has 0 fully saturated rings. The maximum atomic E-state index is 13.6. The lowest BCUT2D eigenvalue weighted by Crippen LogP contribution is -2.40. The van der Waals surface area contributed by atoms with Gasteiger partial charge in [-0.3, -0.25) is 14.4 Å². The quantitative estimate of drug-likeness (QED) is 0.766. The number of rotatable bonds is 5. The lowest BCUT2D eigenvalue weighted by Gasteiger charge is -2.25. The third-order valence-electron chi connectivity index (χ3n) is 3.95. The standard InChI is InChI=1S/C19H16F2N2O5/c1-10(18(25)23-17-11(20)5-4-6-12(17)21)27-16(24)9-15-19(26)22-13-7-2-3-8-14(13)28-15/h2-8,10,15H,9H2,1H3,(H,22,26)(H,23,25)/t10-,15+/m1/s1. The molecule has 3 rings (SSSR count). The van der Waals surface area contributed by atoms with E-state index in [0.29, 0.717) is 11.4 Å². The zero-order valence-corrected chi connectivity index (χ0v) is 14.7. The number of halogens is 2. The van der Waals surface area contributed by atoms with Crippen molar-refractivity contribution in [3.63, 3.8) is 0 Å². The molecule has 146 valence electrons. The number of benzene rings is 2. The van der Waals surface area contributed by atoms with Gasteiger partial charge in [0.2, 0.25) is 0 Å². The number of hydrogen-bond donors (Lipinski definition) is 2. The van der Waals surface area contributed by atoms with Crippen molar-refractivity contribution in [3.05, 3.63) is 54.1 Å². The maximum absolute atomic E-state index is 13.6. The Morgan fingerprint density at radius 1 is 1.18 bits per heavy atom. The second-order valence-electron chi connectivity index (χ2n) is 6.01. The molecule has 9 heteroatoms. The second-order valence-corrected chi connectivity index (χ2v) is 6.01. The highest BCUT2D eigenvalue weighted by Crippen LogP contribution is 2.29. The average molecular weight is 390 g/mol. The van der Waals surface area contributed by atoms with Crippen LogP contribution in [0, 0.1) is 11.6 Å². The fourth-order valence-electron chi connectivity index (χ4n) is 2.52. The van der Waals surface area contributed by atoms with Crippen LogP contribution >= 0.6 is 0 Å². The van der Waals surface area contributed by atoms with E-state index in [0.717, 1.165) is 18.2 Å². The summed E-state index contributed by atoms with van der Waals surface area (Å²) in [5, 5.41) is 4.63. The molecular weight excluding hydrogens is 374 g/mol. The molecule has 0 radical (unpaired) electrons. The minimum atomic E-state index is -1.34. The van der Waals surface area contributed by atoms with Crippen LogP contribution in [0.5, 0.6) is 5.75 Å². The van der Waals surface area contributed by atoms with Gasteiger partial charge in [-0.15, -0.1) is 0 Å². The van der Waals surface area contributed by atoms with Crippen molar-refractivity contribution in [1.82, 2.24) is 0 Å². The first-order chi connectivity index (χ1) is 13.3. The van der Waals surface area contributed by atoms with E-state index >= 15 is 0 Å². The summed E-state index contributed by atoms with van der Waals surface area (Å²) in [6.45, 7) is 1.24. The van der Waals surface area contributed by atoms with E-state index in [4.69, 9.17) is 9.47 Å². The number of carbonyl (C=O) groups excluding carboxylic acids is 3. The highest BCUT2D eigenvalue weighted by molar-refractivity contribution is 6.00. The molecule has 7 nitrogen and oxygen atoms in total. The van der Waals surface area contributed by atoms with E-state index in [1.807, 2.05) is 5.32 Å². The zero-order chi connectivity index (χ0) is 20.3. The Hall–Kier alpha value is -3.49. The van der Waals surface area contributed by atoms with Crippen molar-refractivity contribution in [2.45, 2.75) is 25.6 Å². The zero-order valence-electron chi connectivity index (χ0n) is 14.7. The first-order valence-electron chi connectivity index (χ1n) is 8.36. The first-order valence-corrected chi connectivity index (χ1v) is 8.36. The summed E-state index contributed by atoms with van der Waals surface area (Å²) < 4.78 is 37.6. The molecule has 0 aliphatic carbocycles. The minimum Gasteiger partial charge on any atom is -0.478 e. The van der Waals surface area contributed by atoms with E-state index in [2.05, 4.69) is 5.32 Å². The van der Waals surface area contributed by atoms with Crippen molar-refractivity contribution in [1.29, 1.82) is 0 Å². The number of ether oxygens (including phenoxy) is 2. The largest absolute Gasteiger partial charge is 0.478 e. The molecule has 2 aromatic carbocycles. The van der Waals surface area contributed by atoms with E-state index in [-0.39, 0.29) is 0 Å². The van der Waals surface area contributed by atoms with Gasteiger partial charge in [0.25, 0.3) is 11.8 Å². The third-order valence-corrected chi connectivity index (χ3v) is 3.95. The summed E-state index contributed by atoms with van der Waals surface area (Å²) in [5.41, 5.74) is -0.154. The molecule has 0 aromatic heterocycles. The van der Waals surface area contributed by atoms with Gasteiger partial charge in [0.05, 0.1) is 12.1 Å². The topological polar surface area (TPSA) is 93.7 Å². The predicted octanol–water partition coefficient (Wildman–Crippen LogP) is 2.62. The number of anilines is 2. The predicted molar refractivity (Wildman–Crippen MR) is 94.6 cm³/mol. The fraction of sp³-hybridized carbons (Fsp3) is 0.211. The van der Waals surface area contributed by atoms with E-state index in [9.17, 15) is 23.2 Å². The molecule has 1 aliphatic heterocycles. The van der Waals surface area contributed by atoms with Crippen LogP contribution in [0.15, 0.2) is 42.5 Å². The Balaban J connectivity index is 1.57. The molecular formula is C19H16F2N2O5. The van der Waals surface area contributed by atoms with Crippen molar-refractivity contribution in [2.75, 3.05) is 10.6 Å². The Morgan fingerprint density at radius 3 is 2.57 bits per heavy atom. The van der Waals surface area contributed by atoms with Gasteiger partial charge < -0.3 is 20.1 Å². The van der Waals surface area contributed by atoms with Crippen molar-refractivity contribution in [3.8, 4) is 5.75 Å². The van der Waals surface area contributed by atoms with Crippen molar-refractivity contribution >= 4 is 29.2 Å². The van der Waals surface area contributed by atoms with Crippen LogP contribution in [0.25, 0.3) is 0 Å². The number of para-hydroxylation sites is 3. The van der Waals surface area contributed by atoms with Crippen LogP contribution in [0.4, 0.5) is 20.2 Å². The summed E-state index contributed by atoms with van der Waals surface area (Å²) in [6.07, 6.45) is -2.90. The summed E-state index contributed by atoms with van der Waals surface area (Å²) in [6, 6.07) is 9.81. The van der Waals surface area contributed by atoms with E-state index in [1.165, 1.54) is 6.92 Å². The highest BCUT2D eigenvalue weighted by atomic mass is 19.1. The Bertz CT molecular complexity index is 914. The van der Waals surface area contributed by atoms with Crippen LogP contribution in [-0.4, -0.2) is 30.0 Å². The molecule has 2 amide bonds. The summed E-state index contributed by atoms with van der Waals surface area (Å²) in [7, 11) is 0. The van der Waals surface area contributed by atoms with Crippen molar-refractivity contribution < 1.29 is 32.6 Å². The monoisotopic (exact) mass is 390 g/mol. The molecule has 0 spiro atoms. The number of fused-ring (bicyclic) bond motifs is 1. The molecule has 0 saturated carbocycles. The van der Waals surface area contributed by atoms with Crippen LogP contribution in [0.1, 0.15) is 13.3 Å². The van der Waals surface area contributed by atoms with Crippen LogP contribution in [0.3, 0.4) is 0 Å². The highest BCUT2D eigenvalue weighted by Gasteiger charge is 2.31. The lowest BCUT2D eigenvalue weighted by molar-refractivity contribution is -0.155. The fourth-order valence-corrected chi connectivity index (χ4v) is 2.52. The molecule has 28 heavy (non-hydrogen) atoms. The Kier molecular flexibility index (Phi) is 5.53. The molecule has 2 N–H and O–H groups in total. The number of esters is 1. The summed E-state index contributed by atoms with van der Waals surface area (Å²) in [5.74, 6) is -3.84. The average Bonchev–Trinajstić information content (AvgIpc) is 2.65. The molecule has 2 aromatic rings. The number of hydrogen-bond acceptors (Lipinski definition) is 5. The minimum absolute atomic E-state index is 0.403. The van der Waals surface area contributed by atoms with Crippen molar-refractivity contribution in [2.24, 2.45) is 0 Å². The van der Waals surface area contributed by atoms with Gasteiger partial charge in [0, 0.05) is 0 Å². The molecule has 0 saturated heterocycles. The molecule has 1 aliphatic rings. The molecule has 0 unspecified atom stereocenters. The number of amides is 2. The van der Waals surface area contributed by atoms with Crippen LogP contribution in [-0.2, 0) is 19.1 Å². The number of nitrogens with one attached hydrogen (secondary N) is 2. The van der Waals surface area contributed by atoms with Gasteiger partial charge in [0.15, 0.2) is 12.2 Å². The molecule has 1 heterocycles. The second kappa shape index (κ2) is 8.03. The Morgan fingerprint density at radius 2 is 1.86 bits per heavy atom. The van der Waals surface area contributed by atoms with E-state index in [1.54, 1.807) is 24.3 Å². The van der Waals surface area contributed by atoms with E-state index < -0.39 is 53.7 Å². The van der Waals surface area contributed by atoms with Gasteiger partial charge in [-0.2, -0.15) is 0 Å². The SMILES string of the molecule is C[C@@H](OC(=O)C[C@@H]1Oc2ccccc2NC1=O)C(=O)Nc1c(F)cccc1F. The van der Waals surface area contributed by atoms with Gasteiger partial charge >= 0.3 is 5.97 Å². The van der Waals surface area contributed by atoms with Gasteiger partial charge in [-0.05, 0) is 31.2 Å². The summed E-state index contributed by atoms with van der Waals surface area (Å²) >= 11 is 0. The normalized spacial score (nSPS) is 16.2. The van der Waals surface area contributed by atoms with Gasteiger partial charge in [0.1, 0.15) is 23.1 Å². The maximum Gasteiger partial charge on any atom is 0.310 e. The lowest BCUT2D eigenvalue weighted by atomic mass is 10.1. The van der Waals surface area contributed by atoms with Gasteiger partial charge in [-0.25, -0.2) is 8.78 Å².